The first-order chi connectivity index (χ1) is 10.6. The van der Waals surface area contributed by atoms with E-state index in [0.29, 0.717) is 28.8 Å². The lowest BCUT2D eigenvalue weighted by molar-refractivity contribution is 1.17. The van der Waals surface area contributed by atoms with E-state index in [2.05, 4.69) is 9.98 Å². The molecule has 2 aromatic rings. The Bertz CT molecular complexity index is 649. The smallest absolute Gasteiger partial charge is 0.0784 e. The van der Waals surface area contributed by atoms with Crippen LogP contribution in [0.2, 0.25) is 10.0 Å². The topological polar surface area (TPSA) is 48.6 Å². The average molecular weight is 332 g/mol. The molecule has 0 radical (unpaired) electrons. The van der Waals surface area contributed by atoms with Gasteiger partial charge in [0, 0.05) is 22.5 Å². The van der Waals surface area contributed by atoms with Crippen molar-refractivity contribution in [2.45, 2.75) is 0 Å². The molecule has 112 valence electrons. The first-order valence-corrected chi connectivity index (χ1v) is 7.46. The third-order valence-electron chi connectivity index (χ3n) is 2.74. The number of nitrogens with one attached hydrogen (secondary N) is 1. The number of nitrogens with zero attached hydrogens (tertiary/aromatic N) is 2. The first kappa shape index (κ1) is 16.4. The Morgan fingerprint density at radius 2 is 1.32 bits per heavy atom. The van der Waals surface area contributed by atoms with Gasteiger partial charge in [0.05, 0.1) is 18.8 Å². The fourth-order valence-corrected chi connectivity index (χ4v) is 2.14. The van der Waals surface area contributed by atoms with E-state index in [0.717, 1.165) is 11.1 Å². The third-order valence-corrected chi connectivity index (χ3v) is 3.21. The lowest BCUT2D eigenvalue weighted by Gasteiger charge is -1.97. The largest absolute Gasteiger partial charge is 0.306 e. The molecule has 0 saturated carbocycles. The molecule has 0 spiro atoms. The van der Waals surface area contributed by atoms with Crippen molar-refractivity contribution in [1.29, 1.82) is 5.41 Å². The van der Waals surface area contributed by atoms with Crippen LogP contribution in [-0.2, 0) is 0 Å². The van der Waals surface area contributed by atoms with E-state index in [-0.39, 0.29) is 0 Å². The Hall–Kier alpha value is -1.97. The van der Waals surface area contributed by atoms with Gasteiger partial charge in [-0.1, -0.05) is 47.5 Å². The number of hydrogen-bond acceptors (Lipinski definition) is 3. The predicted molar refractivity (Wildman–Crippen MR) is 95.6 cm³/mol. The maximum Gasteiger partial charge on any atom is 0.0784 e. The minimum Gasteiger partial charge on any atom is -0.306 e. The molecule has 0 heterocycles. The van der Waals surface area contributed by atoms with Gasteiger partial charge >= 0.3 is 0 Å². The average Bonchev–Trinajstić information content (AvgIpc) is 2.47. The second-order valence-electron chi connectivity index (χ2n) is 4.65. The zero-order chi connectivity index (χ0) is 15.8. The van der Waals surface area contributed by atoms with Crippen molar-refractivity contribution in [2.24, 2.45) is 9.98 Å². The summed E-state index contributed by atoms with van der Waals surface area (Å²) < 4.78 is 0. The van der Waals surface area contributed by atoms with E-state index in [1.807, 2.05) is 48.5 Å². The van der Waals surface area contributed by atoms with E-state index in [9.17, 15) is 0 Å². The predicted octanol–water partition coefficient (Wildman–Crippen LogP) is 4.55. The Labute approximate surface area is 139 Å². The lowest BCUT2D eigenvalue weighted by Crippen LogP contribution is -2.06. The van der Waals surface area contributed by atoms with Crippen LogP contribution in [-0.4, -0.2) is 31.2 Å². The fraction of sp³-hybridized carbons (Fsp3) is 0.118. The molecule has 0 atom stereocenters. The Morgan fingerprint density at radius 1 is 0.864 bits per heavy atom. The number of halogens is 2. The zero-order valence-electron chi connectivity index (χ0n) is 11.8. The van der Waals surface area contributed by atoms with Crippen molar-refractivity contribution in [1.82, 2.24) is 0 Å². The van der Waals surface area contributed by atoms with Crippen LogP contribution in [0, 0.1) is 5.41 Å². The van der Waals surface area contributed by atoms with E-state index in [4.69, 9.17) is 28.6 Å². The molecule has 22 heavy (non-hydrogen) atoms. The Morgan fingerprint density at radius 3 is 1.73 bits per heavy atom. The minimum absolute atomic E-state index is 0.319. The van der Waals surface area contributed by atoms with Gasteiger partial charge in [0.1, 0.15) is 0 Å². The number of aliphatic imine (C=N–C) groups is 2. The Kier molecular flexibility index (Phi) is 6.31. The summed E-state index contributed by atoms with van der Waals surface area (Å²) in [5.41, 5.74) is 2.28. The van der Waals surface area contributed by atoms with Gasteiger partial charge in [0.25, 0.3) is 0 Å². The molecule has 0 amide bonds. The van der Waals surface area contributed by atoms with E-state index < -0.39 is 0 Å². The second-order valence-corrected chi connectivity index (χ2v) is 5.53. The van der Waals surface area contributed by atoms with E-state index >= 15 is 0 Å². The monoisotopic (exact) mass is 331 g/mol. The molecular formula is C17H15Cl2N3. The van der Waals surface area contributed by atoms with Crippen molar-refractivity contribution in [2.75, 3.05) is 13.1 Å². The summed E-state index contributed by atoms with van der Waals surface area (Å²) in [7, 11) is 0. The van der Waals surface area contributed by atoms with Crippen LogP contribution in [0.25, 0.3) is 0 Å². The molecule has 0 aromatic heterocycles. The van der Waals surface area contributed by atoms with Crippen molar-refractivity contribution in [3.63, 3.8) is 0 Å². The van der Waals surface area contributed by atoms with Gasteiger partial charge in [-0.2, -0.15) is 0 Å². The van der Waals surface area contributed by atoms with Gasteiger partial charge < -0.3 is 5.41 Å². The molecule has 2 rings (SSSR count). The summed E-state index contributed by atoms with van der Waals surface area (Å²) in [6.07, 6.45) is 3.42. The molecule has 0 unspecified atom stereocenters. The second kappa shape index (κ2) is 8.47. The summed E-state index contributed by atoms with van der Waals surface area (Å²) >= 11 is 11.8. The van der Waals surface area contributed by atoms with Crippen LogP contribution in [0.15, 0.2) is 58.5 Å². The highest BCUT2D eigenvalue weighted by molar-refractivity contribution is 6.31. The van der Waals surface area contributed by atoms with Crippen molar-refractivity contribution in [3.05, 3.63) is 69.7 Å². The highest BCUT2D eigenvalue weighted by atomic mass is 35.5. The molecule has 0 saturated heterocycles. The summed E-state index contributed by atoms with van der Waals surface area (Å²) in [6.45, 7) is 0.638. The third kappa shape index (κ3) is 5.80. The molecule has 0 aliphatic carbocycles. The molecule has 0 fully saturated rings. The highest BCUT2D eigenvalue weighted by Gasteiger charge is 1.94. The van der Waals surface area contributed by atoms with Gasteiger partial charge in [-0.3, -0.25) is 9.98 Å². The van der Waals surface area contributed by atoms with Crippen molar-refractivity contribution < 1.29 is 0 Å². The molecule has 5 heteroatoms. The van der Waals surface area contributed by atoms with Crippen molar-refractivity contribution >= 4 is 41.3 Å². The van der Waals surface area contributed by atoms with Crippen molar-refractivity contribution in [3.8, 4) is 0 Å². The SMILES string of the molecule is N=C(CN=Cc1cccc(Cl)c1)CN=Cc1cccc(Cl)c1. The highest BCUT2D eigenvalue weighted by Crippen LogP contribution is 2.09. The summed E-state index contributed by atoms with van der Waals surface area (Å²) in [4.78, 5) is 8.44. The first-order valence-electron chi connectivity index (χ1n) is 6.70. The van der Waals surface area contributed by atoms with Gasteiger partial charge in [-0.15, -0.1) is 0 Å². The maximum absolute atomic E-state index is 7.83. The van der Waals surface area contributed by atoms with Gasteiger partial charge in [0.15, 0.2) is 0 Å². The number of benzene rings is 2. The fourth-order valence-electron chi connectivity index (χ4n) is 1.75. The molecule has 0 aliphatic rings. The molecule has 2 aromatic carbocycles. The number of rotatable bonds is 6. The maximum atomic E-state index is 7.83. The van der Waals surface area contributed by atoms with Crippen LogP contribution in [0.1, 0.15) is 11.1 Å². The molecule has 3 nitrogen and oxygen atoms in total. The lowest BCUT2D eigenvalue weighted by atomic mass is 10.2. The quantitative estimate of drug-likeness (QED) is 0.755. The summed E-state index contributed by atoms with van der Waals surface area (Å²) in [5, 5.41) is 9.17. The molecule has 0 aliphatic heterocycles. The van der Waals surface area contributed by atoms with Crippen LogP contribution in [0.4, 0.5) is 0 Å². The van der Waals surface area contributed by atoms with Crippen LogP contribution in [0.5, 0.6) is 0 Å². The molecule has 1 N–H and O–H groups in total. The zero-order valence-corrected chi connectivity index (χ0v) is 13.3. The summed E-state index contributed by atoms with van der Waals surface area (Å²) in [6, 6.07) is 14.8. The number of hydrogen-bond donors (Lipinski definition) is 1. The van der Waals surface area contributed by atoms with E-state index in [1.54, 1.807) is 12.4 Å². The minimum atomic E-state index is 0.319. The van der Waals surface area contributed by atoms with Crippen LogP contribution < -0.4 is 0 Å². The normalized spacial score (nSPS) is 11.4. The van der Waals surface area contributed by atoms with Gasteiger partial charge in [-0.05, 0) is 35.4 Å². The van der Waals surface area contributed by atoms with Crippen LogP contribution in [0.3, 0.4) is 0 Å². The van der Waals surface area contributed by atoms with Gasteiger partial charge in [0.2, 0.25) is 0 Å². The summed E-state index contributed by atoms with van der Waals surface area (Å²) in [5.74, 6) is 0. The van der Waals surface area contributed by atoms with Gasteiger partial charge in [-0.25, -0.2) is 0 Å². The molecular weight excluding hydrogens is 317 g/mol. The molecule has 0 bridgehead atoms. The standard InChI is InChI=1S/C17H15Cl2N3/c18-15-5-1-3-13(7-15)9-21-11-17(20)12-22-10-14-4-2-6-16(19)8-14/h1-10,20H,11-12H2. The van der Waals surface area contributed by atoms with Crippen LogP contribution >= 0.6 is 23.2 Å². The Balaban J connectivity index is 1.81. The van der Waals surface area contributed by atoms with E-state index in [1.165, 1.54) is 0 Å².